The number of anilines is 1. The molecule has 4 heteroatoms. The van der Waals surface area contributed by atoms with E-state index in [9.17, 15) is 9.18 Å². The summed E-state index contributed by atoms with van der Waals surface area (Å²) in [6.07, 6.45) is 4.79. The van der Waals surface area contributed by atoms with Crippen molar-refractivity contribution in [1.29, 1.82) is 0 Å². The van der Waals surface area contributed by atoms with Gasteiger partial charge in [0.15, 0.2) is 0 Å². The predicted molar refractivity (Wildman–Crippen MR) is 81.2 cm³/mol. The number of amides is 1. The van der Waals surface area contributed by atoms with Gasteiger partial charge in [0.25, 0.3) is 0 Å². The highest BCUT2D eigenvalue weighted by atomic mass is 19.1. The number of unbranched alkanes of at least 4 members (excludes halogenated alkanes) is 1. The summed E-state index contributed by atoms with van der Waals surface area (Å²) in [7, 11) is 0. The van der Waals surface area contributed by atoms with Crippen LogP contribution < -0.4 is 10.6 Å². The van der Waals surface area contributed by atoms with Crippen LogP contribution in [0.15, 0.2) is 24.3 Å². The molecule has 3 nitrogen and oxygen atoms in total. The zero-order valence-corrected chi connectivity index (χ0v) is 12.4. The van der Waals surface area contributed by atoms with Crippen molar-refractivity contribution in [1.82, 2.24) is 5.32 Å². The number of benzene rings is 1. The molecule has 112 valence electrons. The van der Waals surface area contributed by atoms with Crippen LogP contribution in [0.5, 0.6) is 0 Å². The zero-order valence-electron chi connectivity index (χ0n) is 12.4. The summed E-state index contributed by atoms with van der Waals surface area (Å²) in [5.41, 5.74) is 0.622. The van der Waals surface area contributed by atoms with Crippen LogP contribution in [-0.4, -0.2) is 19.0 Å². The number of carbonyl (C=O) groups is 1. The lowest BCUT2D eigenvalue weighted by molar-refractivity contribution is -0.115. The highest BCUT2D eigenvalue weighted by molar-refractivity contribution is 5.92. The average Bonchev–Trinajstić information content (AvgIpc) is 2.45. The summed E-state index contributed by atoms with van der Waals surface area (Å²) in [6.45, 7) is 5.53. The van der Waals surface area contributed by atoms with Gasteiger partial charge in [0.05, 0.1) is 6.54 Å². The van der Waals surface area contributed by atoms with Gasteiger partial charge in [-0.3, -0.25) is 4.79 Å². The molecule has 1 aromatic rings. The van der Waals surface area contributed by atoms with E-state index in [0.29, 0.717) is 18.2 Å². The molecule has 1 rings (SSSR count). The molecular formula is C16H25FN2O. The van der Waals surface area contributed by atoms with Gasteiger partial charge in [-0.15, -0.1) is 0 Å². The van der Waals surface area contributed by atoms with Crippen LogP contribution in [0.2, 0.25) is 0 Å². The minimum atomic E-state index is -0.303. The number of hydrogen-bond donors (Lipinski definition) is 2. The fourth-order valence-electron chi connectivity index (χ4n) is 2.07. The van der Waals surface area contributed by atoms with Crippen molar-refractivity contribution in [2.45, 2.75) is 39.5 Å². The van der Waals surface area contributed by atoms with Crippen LogP contribution in [-0.2, 0) is 4.79 Å². The Labute approximate surface area is 121 Å². The molecule has 0 spiro atoms. The molecular weight excluding hydrogens is 255 g/mol. The van der Waals surface area contributed by atoms with Gasteiger partial charge in [0, 0.05) is 5.69 Å². The third kappa shape index (κ3) is 6.66. The lowest BCUT2D eigenvalue weighted by Gasteiger charge is -2.15. The number of carbonyl (C=O) groups excluding carboxylic acids is 1. The second kappa shape index (κ2) is 9.48. The van der Waals surface area contributed by atoms with Crippen LogP contribution >= 0.6 is 0 Å². The van der Waals surface area contributed by atoms with Crippen LogP contribution in [0.3, 0.4) is 0 Å². The van der Waals surface area contributed by atoms with E-state index in [1.54, 1.807) is 12.1 Å². The fraction of sp³-hybridized carbons (Fsp3) is 0.562. The molecule has 0 heterocycles. The van der Waals surface area contributed by atoms with Gasteiger partial charge >= 0.3 is 0 Å². The summed E-state index contributed by atoms with van der Waals surface area (Å²) < 4.78 is 12.7. The second-order valence-corrected chi connectivity index (χ2v) is 5.10. The Morgan fingerprint density at radius 1 is 1.25 bits per heavy atom. The third-order valence-corrected chi connectivity index (χ3v) is 3.39. The van der Waals surface area contributed by atoms with Crippen molar-refractivity contribution in [2.75, 3.05) is 18.4 Å². The molecule has 0 bridgehead atoms. The first-order valence-electron chi connectivity index (χ1n) is 7.41. The van der Waals surface area contributed by atoms with E-state index in [2.05, 4.69) is 24.5 Å². The summed E-state index contributed by atoms with van der Waals surface area (Å²) in [6, 6.07) is 5.79. The molecule has 0 aliphatic carbocycles. The molecule has 0 saturated heterocycles. The Morgan fingerprint density at radius 3 is 2.55 bits per heavy atom. The fourth-order valence-corrected chi connectivity index (χ4v) is 2.07. The molecule has 1 unspecified atom stereocenters. The molecule has 0 aliphatic heterocycles. The van der Waals surface area contributed by atoms with Gasteiger partial charge in [-0.25, -0.2) is 4.39 Å². The van der Waals surface area contributed by atoms with E-state index < -0.39 is 0 Å². The van der Waals surface area contributed by atoms with Crippen LogP contribution in [0.4, 0.5) is 10.1 Å². The Hall–Kier alpha value is -1.42. The lowest BCUT2D eigenvalue weighted by Crippen LogP contribution is -2.31. The Kier molecular flexibility index (Phi) is 7.88. The van der Waals surface area contributed by atoms with Gasteiger partial charge in [-0.2, -0.15) is 0 Å². The van der Waals surface area contributed by atoms with Crippen LogP contribution in [0, 0.1) is 11.7 Å². The molecule has 0 saturated carbocycles. The van der Waals surface area contributed by atoms with Crippen molar-refractivity contribution < 1.29 is 9.18 Å². The molecule has 0 aromatic heterocycles. The first-order valence-corrected chi connectivity index (χ1v) is 7.41. The average molecular weight is 280 g/mol. The van der Waals surface area contributed by atoms with Crippen molar-refractivity contribution in [3.05, 3.63) is 30.1 Å². The maximum Gasteiger partial charge on any atom is 0.238 e. The van der Waals surface area contributed by atoms with Crippen molar-refractivity contribution >= 4 is 11.6 Å². The Balaban J connectivity index is 2.23. The summed E-state index contributed by atoms with van der Waals surface area (Å²) in [5.74, 6) is 0.235. The smallest absolute Gasteiger partial charge is 0.238 e. The normalized spacial score (nSPS) is 12.2. The first kappa shape index (κ1) is 16.6. The summed E-state index contributed by atoms with van der Waals surface area (Å²) in [4.78, 5) is 11.7. The van der Waals surface area contributed by atoms with E-state index in [0.717, 1.165) is 13.0 Å². The molecule has 1 amide bonds. The van der Waals surface area contributed by atoms with E-state index in [1.807, 2.05) is 0 Å². The minimum absolute atomic E-state index is 0.0954. The maximum atomic E-state index is 12.7. The van der Waals surface area contributed by atoms with E-state index in [4.69, 9.17) is 0 Å². The van der Waals surface area contributed by atoms with E-state index in [1.165, 1.54) is 31.4 Å². The Morgan fingerprint density at radius 2 is 1.95 bits per heavy atom. The molecule has 1 atom stereocenters. The monoisotopic (exact) mass is 280 g/mol. The number of nitrogens with one attached hydrogen (secondary N) is 2. The number of rotatable bonds is 9. The van der Waals surface area contributed by atoms with Crippen LogP contribution in [0.1, 0.15) is 39.5 Å². The lowest BCUT2D eigenvalue weighted by atomic mass is 9.99. The minimum Gasteiger partial charge on any atom is -0.325 e. The van der Waals surface area contributed by atoms with Crippen molar-refractivity contribution in [2.24, 2.45) is 5.92 Å². The predicted octanol–water partition coefficient (Wildman–Crippen LogP) is 3.57. The number of halogens is 1. The van der Waals surface area contributed by atoms with E-state index >= 15 is 0 Å². The van der Waals surface area contributed by atoms with Gasteiger partial charge in [-0.05, 0) is 43.1 Å². The van der Waals surface area contributed by atoms with Crippen molar-refractivity contribution in [3.63, 3.8) is 0 Å². The van der Waals surface area contributed by atoms with Gasteiger partial charge in [0.1, 0.15) is 5.82 Å². The maximum absolute atomic E-state index is 12.7. The Bertz CT molecular complexity index is 392. The van der Waals surface area contributed by atoms with E-state index in [-0.39, 0.29) is 11.7 Å². The molecule has 0 aliphatic rings. The molecule has 0 radical (unpaired) electrons. The van der Waals surface area contributed by atoms with Crippen LogP contribution in [0.25, 0.3) is 0 Å². The zero-order chi connectivity index (χ0) is 14.8. The highest BCUT2D eigenvalue weighted by Gasteiger charge is 2.07. The van der Waals surface area contributed by atoms with Gasteiger partial charge < -0.3 is 10.6 Å². The van der Waals surface area contributed by atoms with Crippen molar-refractivity contribution in [3.8, 4) is 0 Å². The SMILES string of the molecule is CCCCC(CC)CNCC(=O)Nc1ccc(F)cc1. The number of hydrogen-bond acceptors (Lipinski definition) is 2. The highest BCUT2D eigenvalue weighted by Crippen LogP contribution is 2.11. The summed E-state index contributed by atoms with van der Waals surface area (Å²) in [5, 5.41) is 5.93. The second-order valence-electron chi connectivity index (χ2n) is 5.10. The first-order chi connectivity index (χ1) is 9.65. The summed E-state index contributed by atoms with van der Waals surface area (Å²) >= 11 is 0. The quantitative estimate of drug-likeness (QED) is 0.726. The largest absolute Gasteiger partial charge is 0.325 e. The molecule has 2 N–H and O–H groups in total. The third-order valence-electron chi connectivity index (χ3n) is 3.39. The molecule has 20 heavy (non-hydrogen) atoms. The topological polar surface area (TPSA) is 41.1 Å². The standard InChI is InChI=1S/C16H25FN2O/c1-3-5-6-13(4-2)11-18-12-16(20)19-15-9-7-14(17)8-10-15/h7-10,13,18H,3-6,11-12H2,1-2H3,(H,19,20). The molecule has 0 fully saturated rings. The van der Waals surface area contributed by atoms with Gasteiger partial charge in [0.2, 0.25) is 5.91 Å². The van der Waals surface area contributed by atoms with Gasteiger partial charge in [-0.1, -0.05) is 33.1 Å². The molecule has 1 aromatic carbocycles.